The average Bonchev–Trinajstić information content (AvgIpc) is 2.49. The van der Waals surface area contributed by atoms with Crippen LogP contribution in [0.1, 0.15) is 11.1 Å². The number of hydrogen-bond acceptors (Lipinski definition) is 2. The van der Waals surface area contributed by atoms with E-state index >= 15 is 0 Å². The summed E-state index contributed by atoms with van der Waals surface area (Å²) in [5, 5.41) is 0. The van der Waals surface area contributed by atoms with Crippen molar-refractivity contribution >= 4 is 14.1 Å². The fourth-order valence-corrected chi connectivity index (χ4v) is 3.47. The van der Waals surface area contributed by atoms with Gasteiger partial charge in [0.1, 0.15) is 18.1 Å². The molecule has 22 heavy (non-hydrogen) atoms. The van der Waals surface area contributed by atoms with Crippen LogP contribution in [-0.4, -0.2) is 14.9 Å². The summed E-state index contributed by atoms with van der Waals surface area (Å²) in [5.41, 5.74) is 3.60. The maximum absolute atomic E-state index is 6.43. The molecule has 1 heterocycles. The molecule has 1 aliphatic rings. The van der Waals surface area contributed by atoms with Crippen LogP contribution in [0.3, 0.4) is 0 Å². The van der Waals surface area contributed by atoms with Gasteiger partial charge in [0.15, 0.2) is 0 Å². The molecule has 114 valence electrons. The van der Waals surface area contributed by atoms with Crippen LogP contribution in [0.15, 0.2) is 60.2 Å². The molecular formula is C19H22O2Si. The average molecular weight is 310 g/mol. The maximum Gasteiger partial charge on any atom is 0.242 e. The Labute approximate surface area is 133 Å². The van der Waals surface area contributed by atoms with E-state index in [1.165, 1.54) is 11.1 Å². The smallest absolute Gasteiger partial charge is 0.242 e. The van der Waals surface area contributed by atoms with E-state index in [2.05, 4.69) is 50.0 Å². The Morgan fingerprint density at radius 1 is 0.955 bits per heavy atom. The normalized spacial score (nSPS) is 14.3. The van der Waals surface area contributed by atoms with Gasteiger partial charge >= 0.3 is 0 Å². The van der Waals surface area contributed by atoms with Gasteiger partial charge in [0.25, 0.3) is 0 Å². The molecule has 3 heteroatoms. The van der Waals surface area contributed by atoms with Crippen LogP contribution in [-0.2, 0) is 10.8 Å². The highest BCUT2D eigenvalue weighted by atomic mass is 28.4. The van der Waals surface area contributed by atoms with Crippen molar-refractivity contribution in [2.24, 2.45) is 0 Å². The van der Waals surface area contributed by atoms with Crippen molar-refractivity contribution in [2.45, 2.75) is 26.1 Å². The van der Waals surface area contributed by atoms with E-state index in [9.17, 15) is 0 Å². The lowest BCUT2D eigenvalue weighted by atomic mass is 9.99. The maximum atomic E-state index is 6.43. The summed E-state index contributed by atoms with van der Waals surface area (Å²) in [4.78, 5) is 0. The molecule has 0 N–H and O–H groups in total. The van der Waals surface area contributed by atoms with E-state index in [0.717, 1.165) is 23.5 Å². The Kier molecular flexibility index (Phi) is 4.07. The largest absolute Gasteiger partial charge is 0.544 e. The quantitative estimate of drug-likeness (QED) is 0.749. The van der Waals surface area contributed by atoms with E-state index in [1.807, 2.05) is 24.3 Å². The fraction of sp³-hybridized carbons (Fsp3) is 0.263. The number of rotatable bonds is 4. The highest BCUT2D eigenvalue weighted by molar-refractivity contribution is 6.70. The SMILES string of the molecule is C[Si](C)(C)OC1=C(Cc2ccccc2)COc2ccccc21. The zero-order valence-corrected chi connectivity index (χ0v) is 14.4. The van der Waals surface area contributed by atoms with Crippen LogP contribution >= 0.6 is 0 Å². The van der Waals surface area contributed by atoms with Gasteiger partial charge in [-0.3, -0.25) is 0 Å². The van der Waals surface area contributed by atoms with Crippen molar-refractivity contribution < 1.29 is 9.16 Å². The lowest BCUT2D eigenvalue weighted by Gasteiger charge is -2.29. The molecule has 0 atom stereocenters. The molecule has 0 saturated carbocycles. The highest BCUT2D eigenvalue weighted by Gasteiger charge is 2.26. The summed E-state index contributed by atoms with van der Waals surface area (Å²) in [6.07, 6.45) is 0.870. The Bertz CT molecular complexity index is 684. The minimum absolute atomic E-state index is 0.603. The first kappa shape index (κ1) is 14.9. The minimum atomic E-state index is -1.69. The van der Waals surface area contributed by atoms with Gasteiger partial charge in [-0.1, -0.05) is 42.5 Å². The van der Waals surface area contributed by atoms with Gasteiger partial charge < -0.3 is 9.16 Å². The van der Waals surface area contributed by atoms with Crippen LogP contribution in [0, 0.1) is 0 Å². The van der Waals surface area contributed by atoms with Crippen molar-refractivity contribution in [2.75, 3.05) is 6.61 Å². The summed E-state index contributed by atoms with van der Waals surface area (Å²) >= 11 is 0. The molecular weight excluding hydrogens is 288 g/mol. The van der Waals surface area contributed by atoms with Gasteiger partial charge in [0.05, 0.1) is 5.56 Å². The van der Waals surface area contributed by atoms with Crippen LogP contribution in [0.5, 0.6) is 5.75 Å². The predicted octanol–water partition coefficient (Wildman–Crippen LogP) is 4.88. The summed E-state index contributed by atoms with van der Waals surface area (Å²) in [6.45, 7) is 7.26. The first-order valence-corrected chi connectivity index (χ1v) is 11.1. The van der Waals surface area contributed by atoms with Crippen molar-refractivity contribution in [3.05, 3.63) is 71.3 Å². The molecule has 0 amide bonds. The van der Waals surface area contributed by atoms with Gasteiger partial charge in [-0.15, -0.1) is 0 Å². The van der Waals surface area contributed by atoms with Gasteiger partial charge in [0.2, 0.25) is 8.32 Å². The van der Waals surface area contributed by atoms with Crippen LogP contribution < -0.4 is 4.74 Å². The van der Waals surface area contributed by atoms with Gasteiger partial charge in [-0.25, -0.2) is 0 Å². The zero-order chi connectivity index (χ0) is 15.6. The number of fused-ring (bicyclic) bond motifs is 1. The molecule has 0 aromatic heterocycles. The second kappa shape index (κ2) is 6.01. The van der Waals surface area contributed by atoms with Crippen LogP contribution in [0.4, 0.5) is 0 Å². The van der Waals surface area contributed by atoms with Crippen LogP contribution in [0.2, 0.25) is 19.6 Å². The van der Waals surface area contributed by atoms with Crippen molar-refractivity contribution in [1.29, 1.82) is 0 Å². The lowest BCUT2D eigenvalue weighted by Crippen LogP contribution is -2.27. The second-order valence-electron chi connectivity index (χ2n) is 6.59. The molecule has 0 fully saturated rings. The Morgan fingerprint density at radius 3 is 2.36 bits per heavy atom. The minimum Gasteiger partial charge on any atom is -0.544 e. The van der Waals surface area contributed by atoms with Crippen LogP contribution in [0.25, 0.3) is 5.76 Å². The third-order valence-corrected chi connectivity index (χ3v) is 4.34. The lowest BCUT2D eigenvalue weighted by molar-refractivity contribution is 0.331. The molecule has 0 radical (unpaired) electrons. The molecule has 3 rings (SSSR count). The number of ether oxygens (including phenoxy) is 1. The van der Waals surface area contributed by atoms with E-state index in [-0.39, 0.29) is 0 Å². The Morgan fingerprint density at radius 2 is 1.64 bits per heavy atom. The van der Waals surface area contributed by atoms with E-state index < -0.39 is 8.32 Å². The number of para-hydroxylation sites is 1. The predicted molar refractivity (Wildman–Crippen MR) is 93.4 cm³/mol. The first-order valence-electron chi connectivity index (χ1n) is 7.70. The van der Waals surface area contributed by atoms with Crippen molar-refractivity contribution in [3.8, 4) is 5.75 Å². The number of hydrogen-bond donors (Lipinski definition) is 0. The zero-order valence-electron chi connectivity index (χ0n) is 13.4. The van der Waals surface area contributed by atoms with Gasteiger partial charge in [0, 0.05) is 12.0 Å². The van der Waals surface area contributed by atoms with Crippen molar-refractivity contribution in [3.63, 3.8) is 0 Å². The Hall–Kier alpha value is -2.00. The van der Waals surface area contributed by atoms with Gasteiger partial charge in [-0.2, -0.15) is 0 Å². The second-order valence-corrected chi connectivity index (χ2v) is 11.0. The fourth-order valence-electron chi connectivity index (χ4n) is 2.61. The van der Waals surface area contributed by atoms with Crippen molar-refractivity contribution in [1.82, 2.24) is 0 Å². The molecule has 0 unspecified atom stereocenters. The molecule has 0 bridgehead atoms. The summed E-state index contributed by atoms with van der Waals surface area (Å²) in [5.74, 6) is 1.96. The molecule has 2 aromatic carbocycles. The third-order valence-electron chi connectivity index (χ3n) is 3.52. The van der Waals surface area contributed by atoms with E-state index in [1.54, 1.807) is 0 Å². The summed E-state index contributed by atoms with van der Waals surface area (Å²) in [7, 11) is -1.69. The molecule has 0 spiro atoms. The Balaban J connectivity index is 2.02. The molecule has 0 aliphatic carbocycles. The molecule has 1 aliphatic heterocycles. The standard InChI is InChI=1S/C19H22O2Si/c1-22(2,3)21-19-16(13-15-9-5-4-6-10-15)14-20-18-12-8-7-11-17(18)19/h4-12H,13-14H2,1-3H3. The first-order chi connectivity index (χ1) is 10.5. The molecule has 0 saturated heterocycles. The monoisotopic (exact) mass is 310 g/mol. The van der Waals surface area contributed by atoms with E-state index in [4.69, 9.17) is 9.16 Å². The topological polar surface area (TPSA) is 18.5 Å². The van der Waals surface area contributed by atoms with Gasteiger partial charge in [-0.05, 0) is 37.3 Å². The summed E-state index contributed by atoms with van der Waals surface area (Å²) < 4.78 is 12.4. The molecule has 2 aromatic rings. The molecule has 2 nitrogen and oxygen atoms in total. The third kappa shape index (κ3) is 3.42. The summed E-state index contributed by atoms with van der Waals surface area (Å²) in [6, 6.07) is 18.7. The number of benzene rings is 2. The highest BCUT2D eigenvalue weighted by Crippen LogP contribution is 2.36. The van der Waals surface area contributed by atoms with E-state index in [0.29, 0.717) is 6.61 Å².